The number of aliphatic hydroxyl groups is 1. The molecule has 12 N–H and O–H groups in total. The molecule has 4 atom stereocenters. The lowest BCUT2D eigenvalue weighted by Crippen LogP contribution is -2.57. The number of hydrogen-bond acceptors (Lipinski definition) is 8. The van der Waals surface area contributed by atoms with Crippen molar-refractivity contribution in [2.24, 2.45) is 27.9 Å². The number of carboxylic acid groups (broad SMARTS) is 1. The standard InChI is InChI=1S/C18H32N8O7/c19-9(7-13(20)28)16(31)26-6-2-4-12(26)15(30)25-11(8-27)14(29)24-10(17(32)33)3-1-5-23-18(21)22/h9-12,27H,1-8,19H2,(H2,20,28)(H,24,29)(H,25,30)(H,32,33)(H4,21,22,23). The van der Waals surface area contributed by atoms with Crippen molar-refractivity contribution < 1.29 is 34.2 Å². The van der Waals surface area contributed by atoms with E-state index in [9.17, 15) is 34.2 Å². The van der Waals surface area contributed by atoms with Gasteiger partial charge in [0.2, 0.25) is 23.6 Å². The molecule has 186 valence electrons. The number of aliphatic imine (C=N–C) groups is 1. The molecular formula is C18H32N8O7. The van der Waals surface area contributed by atoms with Gasteiger partial charge in [0.05, 0.1) is 19.1 Å². The van der Waals surface area contributed by atoms with Crippen molar-refractivity contribution in [2.75, 3.05) is 19.7 Å². The predicted octanol–water partition coefficient (Wildman–Crippen LogP) is -4.72. The second-order valence-electron chi connectivity index (χ2n) is 7.56. The zero-order chi connectivity index (χ0) is 25.1. The lowest BCUT2D eigenvalue weighted by Gasteiger charge is -2.28. The second-order valence-corrected chi connectivity index (χ2v) is 7.56. The molecule has 1 aliphatic heterocycles. The van der Waals surface area contributed by atoms with Crippen LogP contribution in [0.5, 0.6) is 0 Å². The summed E-state index contributed by atoms with van der Waals surface area (Å²) in [6, 6.07) is -4.92. The van der Waals surface area contributed by atoms with E-state index in [4.69, 9.17) is 22.9 Å². The highest BCUT2D eigenvalue weighted by atomic mass is 16.4. The Morgan fingerprint density at radius 1 is 1.09 bits per heavy atom. The summed E-state index contributed by atoms with van der Waals surface area (Å²) < 4.78 is 0. The summed E-state index contributed by atoms with van der Waals surface area (Å²) in [7, 11) is 0. The number of nitrogens with zero attached hydrogens (tertiary/aromatic N) is 2. The Kier molecular flexibility index (Phi) is 11.0. The third-order valence-electron chi connectivity index (χ3n) is 4.95. The first-order valence-electron chi connectivity index (χ1n) is 10.3. The predicted molar refractivity (Wildman–Crippen MR) is 115 cm³/mol. The number of aliphatic carboxylic acids is 1. The maximum atomic E-state index is 12.7. The number of amides is 4. The van der Waals surface area contributed by atoms with E-state index in [1.54, 1.807) is 0 Å². The molecule has 0 aromatic carbocycles. The third kappa shape index (κ3) is 8.89. The molecule has 0 spiro atoms. The highest BCUT2D eigenvalue weighted by Gasteiger charge is 2.38. The van der Waals surface area contributed by atoms with Crippen LogP contribution in [0.3, 0.4) is 0 Å². The van der Waals surface area contributed by atoms with Crippen molar-refractivity contribution in [2.45, 2.75) is 56.3 Å². The van der Waals surface area contributed by atoms with Crippen LogP contribution in [-0.4, -0.2) is 94.5 Å². The molecule has 1 rings (SSSR count). The van der Waals surface area contributed by atoms with Gasteiger partial charge < -0.3 is 48.7 Å². The van der Waals surface area contributed by atoms with Gasteiger partial charge in [0.25, 0.3) is 0 Å². The molecular weight excluding hydrogens is 440 g/mol. The molecule has 0 radical (unpaired) electrons. The van der Waals surface area contributed by atoms with Crippen molar-refractivity contribution in [3.8, 4) is 0 Å². The second kappa shape index (κ2) is 13.2. The molecule has 0 aromatic heterocycles. The van der Waals surface area contributed by atoms with Crippen LogP contribution in [-0.2, 0) is 24.0 Å². The molecule has 1 fully saturated rings. The maximum absolute atomic E-state index is 12.7. The Hall–Kier alpha value is -3.46. The first-order chi connectivity index (χ1) is 15.5. The van der Waals surface area contributed by atoms with Gasteiger partial charge in [0, 0.05) is 13.1 Å². The minimum absolute atomic E-state index is 0.00655. The van der Waals surface area contributed by atoms with Crippen LogP contribution in [0.25, 0.3) is 0 Å². The van der Waals surface area contributed by atoms with E-state index in [1.807, 2.05) is 0 Å². The van der Waals surface area contributed by atoms with Gasteiger partial charge in [-0.3, -0.25) is 24.2 Å². The van der Waals surface area contributed by atoms with Crippen molar-refractivity contribution >= 4 is 35.6 Å². The summed E-state index contributed by atoms with van der Waals surface area (Å²) in [4.78, 5) is 65.0. The van der Waals surface area contributed by atoms with E-state index in [0.717, 1.165) is 0 Å². The number of carboxylic acids is 1. The smallest absolute Gasteiger partial charge is 0.326 e. The summed E-state index contributed by atoms with van der Waals surface area (Å²) >= 11 is 0. The molecule has 4 unspecified atom stereocenters. The molecule has 15 nitrogen and oxygen atoms in total. The fraction of sp³-hybridized carbons (Fsp3) is 0.667. The van der Waals surface area contributed by atoms with Gasteiger partial charge in [0.15, 0.2) is 5.96 Å². The molecule has 0 aliphatic carbocycles. The fourth-order valence-corrected chi connectivity index (χ4v) is 3.32. The van der Waals surface area contributed by atoms with E-state index < -0.39 is 60.4 Å². The highest BCUT2D eigenvalue weighted by molar-refractivity contribution is 5.95. The Balaban J connectivity index is 2.74. The number of aliphatic hydroxyl groups excluding tert-OH is 1. The van der Waals surface area contributed by atoms with Gasteiger partial charge in [-0.25, -0.2) is 4.79 Å². The summed E-state index contributed by atoms with van der Waals surface area (Å²) in [6.07, 6.45) is 0.650. The Labute approximate surface area is 189 Å². The van der Waals surface area contributed by atoms with E-state index >= 15 is 0 Å². The van der Waals surface area contributed by atoms with E-state index in [2.05, 4.69) is 15.6 Å². The number of nitrogens with two attached hydrogens (primary N) is 4. The SMILES string of the molecule is NC(=O)CC(N)C(=O)N1CCCC1C(=O)NC(CO)C(=O)NC(CCCN=C(N)N)C(=O)O. The van der Waals surface area contributed by atoms with Gasteiger partial charge in [-0.2, -0.15) is 0 Å². The summed E-state index contributed by atoms with van der Waals surface area (Å²) in [5.41, 5.74) is 21.1. The molecule has 15 heteroatoms. The molecule has 0 saturated carbocycles. The number of carbonyl (C=O) groups excluding carboxylic acids is 4. The number of carbonyl (C=O) groups is 5. The molecule has 4 amide bonds. The summed E-state index contributed by atoms with van der Waals surface area (Å²) in [5.74, 6) is -4.50. The maximum Gasteiger partial charge on any atom is 0.326 e. The van der Waals surface area contributed by atoms with Crippen LogP contribution in [0.2, 0.25) is 0 Å². The van der Waals surface area contributed by atoms with Gasteiger partial charge in [-0.15, -0.1) is 0 Å². The van der Waals surface area contributed by atoms with Crippen LogP contribution in [0, 0.1) is 0 Å². The Morgan fingerprint density at radius 2 is 1.76 bits per heavy atom. The normalized spacial score (nSPS) is 18.0. The minimum Gasteiger partial charge on any atom is -0.480 e. The highest BCUT2D eigenvalue weighted by Crippen LogP contribution is 2.19. The molecule has 33 heavy (non-hydrogen) atoms. The molecule has 1 aliphatic rings. The topological polar surface area (TPSA) is 270 Å². The average molecular weight is 473 g/mol. The molecule has 1 heterocycles. The summed E-state index contributed by atoms with van der Waals surface area (Å²) in [6.45, 7) is -0.429. The first kappa shape index (κ1) is 27.6. The van der Waals surface area contributed by atoms with E-state index in [0.29, 0.717) is 6.42 Å². The quantitative estimate of drug-likeness (QED) is 0.0720. The Bertz CT molecular complexity index is 771. The first-order valence-corrected chi connectivity index (χ1v) is 10.3. The number of guanidine groups is 1. The Morgan fingerprint density at radius 3 is 2.30 bits per heavy atom. The fourth-order valence-electron chi connectivity index (χ4n) is 3.32. The number of nitrogens with one attached hydrogen (secondary N) is 2. The number of likely N-dealkylation sites (tertiary alicyclic amines) is 1. The van der Waals surface area contributed by atoms with Crippen molar-refractivity contribution in [3.63, 3.8) is 0 Å². The number of primary amides is 1. The zero-order valence-corrected chi connectivity index (χ0v) is 18.1. The molecule has 1 saturated heterocycles. The lowest BCUT2D eigenvalue weighted by molar-refractivity contribution is -0.143. The van der Waals surface area contributed by atoms with Gasteiger partial charge in [-0.05, 0) is 25.7 Å². The lowest BCUT2D eigenvalue weighted by atomic mass is 10.1. The molecule has 0 bridgehead atoms. The monoisotopic (exact) mass is 472 g/mol. The summed E-state index contributed by atoms with van der Waals surface area (Å²) in [5, 5.41) is 23.4. The van der Waals surface area contributed by atoms with E-state index in [1.165, 1.54) is 4.90 Å². The van der Waals surface area contributed by atoms with Crippen molar-refractivity contribution in [1.82, 2.24) is 15.5 Å². The van der Waals surface area contributed by atoms with Gasteiger partial charge in [-0.1, -0.05) is 0 Å². The van der Waals surface area contributed by atoms with Crippen LogP contribution < -0.4 is 33.6 Å². The average Bonchev–Trinajstić information content (AvgIpc) is 3.22. The minimum atomic E-state index is -1.45. The molecule has 0 aromatic rings. The van der Waals surface area contributed by atoms with Gasteiger partial charge in [0.1, 0.15) is 18.1 Å². The van der Waals surface area contributed by atoms with Crippen molar-refractivity contribution in [3.05, 3.63) is 0 Å². The van der Waals surface area contributed by atoms with E-state index in [-0.39, 0.29) is 44.7 Å². The number of hydrogen-bond donors (Lipinski definition) is 8. The van der Waals surface area contributed by atoms with Gasteiger partial charge >= 0.3 is 5.97 Å². The number of rotatable bonds is 13. The largest absolute Gasteiger partial charge is 0.480 e. The van der Waals surface area contributed by atoms with Crippen LogP contribution in [0.1, 0.15) is 32.1 Å². The van der Waals surface area contributed by atoms with Crippen molar-refractivity contribution in [1.29, 1.82) is 0 Å². The van der Waals surface area contributed by atoms with Crippen LogP contribution >= 0.6 is 0 Å². The zero-order valence-electron chi connectivity index (χ0n) is 18.1. The third-order valence-corrected chi connectivity index (χ3v) is 4.95. The van der Waals surface area contributed by atoms with Crippen LogP contribution in [0.4, 0.5) is 0 Å². The van der Waals surface area contributed by atoms with Crippen LogP contribution in [0.15, 0.2) is 4.99 Å².